The first-order chi connectivity index (χ1) is 9.13. The summed E-state index contributed by atoms with van der Waals surface area (Å²) >= 11 is 10.9. The number of nitrogens with one attached hydrogen (secondary N) is 2. The van der Waals surface area contributed by atoms with E-state index < -0.39 is 0 Å². The second kappa shape index (κ2) is 6.87. The molecule has 0 atom stereocenters. The molecule has 5 heteroatoms. The van der Waals surface area contributed by atoms with Gasteiger partial charge in [-0.3, -0.25) is 4.79 Å². The van der Waals surface area contributed by atoms with Gasteiger partial charge in [-0.25, -0.2) is 0 Å². The molecule has 0 unspecified atom stereocenters. The van der Waals surface area contributed by atoms with Crippen LogP contribution in [0.3, 0.4) is 0 Å². The summed E-state index contributed by atoms with van der Waals surface area (Å²) in [6.45, 7) is 0. The van der Waals surface area contributed by atoms with Crippen LogP contribution in [0.4, 0.5) is 5.69 Å². The van der Waals surface area contributed by atoms with E-state index in [1.807, 2.05) is 12.1 Å². The molecule has 1 aromatic carbocycles. The molecule has 0 saturated heterocycles. The zero-order chi connectivity index (χ0) is 13.7. The number of benzene rings is 1. The van der Waals surface area contributed by atoms with Crippen molar-refractivity contribution in [2.75, 3.05) is 5.32 Å². The van der Waals surface area contributed by atoms with E-state index in [4.69, 9.17) is 23.8 Å². The Balaban J connectivity index is 1.77. The first-order valence-electron chi connectivity index (χ1n) is 6.50. The lowest BCUT2D eigenvalue weighted by Gasteiger charge is -2.12. The number of amides is 1. The predicted molar refractivity (Wildman–Crippen MR) is 82.4 cm³/mol. The van der Waals surface area contributed by atoms with Crippen LogP contribution < -0.4 is 10.6 Å². The topological polar surface area (TPSA) is 41.1 Å². The van der Waals surface area contributed by atoms with Crippen LogP contribution in [0.1, 0.15) is 32.1 Å². The molecule has 0 bridgehead atoms. The van der Waals surface area contributed by atoms with Crippen LogP contribution in [0.5, 0.6) is 0 Å². The summed E-state index contributed by atoms with van der Waals surface area (Å²) in [5, 5.41) is 6.69. The summed E-state index contributed by atoms with van der Waals surface area (Å²) in [6.07, 6.45) is 5.37. The van der Waals surface area contributed by atoms with Gasteiger partial charge in [-0.05, 0) is 55.2 Å². The maximum atomic E-state index is 11.8. The number of carbonyl (C=O) groups is 1. The maximum absolute atomic E-state index is 11.8. The van der Waals surface area contributed by atoms with Crippen molar-refractivity contribution >= 4 is 40.5 Å². The lowest BCUT2D eigenvalue weighted by Crippen LogP contribution is -2.34. The van der Waals surface area contributed by atoms with Gasteiger partial charge in [0.15, 0.2) is 5.11 Å². The van der Waals surface area contributed by atoms with E-state index in [2.05, 4.69) is 10.6 Å². The van der Waals surface area contributed by atoms with E-state index in [9.17, 15) is 4.79 Å². The van der Waals surface area contributed by atoms with Crippen molar-refractivity contribution in [1.82, 2.24) is 5.32 Å². The summed E-state index contributed by atoms with van der Waals surface area (Å²) < 4.78 is 0. The zero-order valence-electron chi connectivity index (χ0n) is 10.6. The monoisotopic (exact) mass is 296 g/mol. The first kappa shape index (κ1) is 14.3. The molecular weight excluding hydrogens is 280 g/mol. The highest BCUT2D eigenvalue weighted by atomic mass is 35.5. The molecule has 0 aromatic heterocycles. The van der Waals surface area contributed by atoms with Crippen molar-refractivity contribution in [2.24, 2.45) is 5.92 Å². The number of thiocarbonyl (C=S) groups is 1. The van der Waals surface area contributed by atoms with Crippen LogP contribution in [0.25, 0.3) is 0 Å². The fourth-order valence-electron chi connectivity index (χ4n) is 2.35. The quantitative estimate of drug-likeness (QED) is 0.835. The van der Waals surface area contributed by atoms with Crippen molar-refractivity contribution in [3.8, 4) is 0 Å². The van der Waals surface area contributed by atoms with Crippen molar-refractivity contribution in [3.05, 3.63) is 29.3 Å². The number of anilines is 1. The van der Waals surface area contributed by atoms with Crippen LogP contribution in [0.2, 0.25) is 5.02 Å². The number of hydrogen-bond donors (Lipinski definition) is 2. The van der Waals surface area contributed by atoms with Crippen molar-refractivity contribution in [1.29, 1.82) is 0 Å². The van der Waals surface area contributed by atoms with E-state index in [1.54, 1.807) is 12.1 Å². The second-order valence-corrected chi connectivity index (χ2v) is 5.71. The minimum Gasteiger partial charge on any atom is -0.332 e. The third-order valence-corrected chi connectivity index (χ3v) is 3.76. The minimum atomic E-state index is -0.00152. The molecule has 1 aliphatic rings. The Morgan fingerprint density at radius 2 is 1.89 bits per heavy atom. The highest BCUT2D eigenvalue weighted by molar-refractivity contribution is 7.80. The molecule has 1 aliphatic carbocycles. The van der Waals surface area contributed by atoms with Gasteiger partial charge in [0.25, 0.3) is 0 Å². The number of rotatable bonds is 3. The molecule has 0 spiro atoms. The molecule has 1 amide bonds. The Hall–Kier alpha value is -1.13. The highest BCUT2D eigenvalue weighted by Gasteiger charge is 2.18. The smallest absolute Gasteiger partial charge is 0.226 e. The van der Waals surface area contributed by atoms with Crippen molar-refractivity contribution in [3.63, 3.8) is 0 Å². The lowest BCUT2D eigenvalue weighted by molar-refractivity contribution is -0.120. The van der Waals surface area contributed by atoms with Crippen LogP contribution in [0.15, 0.2) is 24.3 Å². The molecule has 0 radical (unpaired) electrons. The predicted octanol–water partition coefficient (Wildman–Crippen LogP) is 3.73. The number of halogens is 1. The molecule has 2 N–H and O–H groups in total. The Labute approximate surface area is 123 Å². The standard InChI is InChI=1S/C14H17ClN2OS/c15-11-5-7-12(8-6-11)16-14(19)17-13(18)9-10-3-1-2-4-10/h5-8,10H,1-4,9H2,(H2,16,17,18,19). The summed E-state index contributed by atoms with van der Waals surface area (Å²) in [5.74, 6) is 0.525. The van der Waals surface area contributed by atoms with E-state index in [1.165, 1.54) is 12.8 Å². The van der Waals surface area contributed by atoms with E-state index in [0.29, 0.717) is 22.5 Å². The van der Waals surface area contributed by atoms with Gasteiger partial charge in [-0.1, -0.05) is 24.4 Å². The highest BCUT2D eigenvalue weighted by Crippen LogP contribution is 2.27. The maximum Gasteiger partial charge on any atom is 0.226 e. The van der Waals surface area contributed by atoms with Gasteiger partial charge in [0.05, 0.1) is 0 Å². The average Bonchev–Trinajstić information content (AvgIpc) is 2.84. The van der Waals surface area contributed by atoms with Gasteiger partial charge in [-0.15, -0.1) is 0 Å². The number of hydrogen-bond acceptors (Lipinski definition) is 2. The van der Waals surface area contributed by atoms with Gasteiger partial charge >= 0.3 is 0 Å². The molecule has 1 fully saturated rings. The summed E-state index contributed by atoms with van der Waals surface area (Å²) in [5.41, 5.74) is 0.815. The van der Waals surface area contributed by atoms with Gasteiger partial charge in [0, 0.05) is 17.1 Å². The Morgan fingerprint density at radius 3 is 2.53 bits per heavy atom. The molecule has 2 rings (SSSR count). The largest absolute Gasteiger partial charge is 0.332 e. The van der Waals surface area contributed by atoms with E-state index in [-0.39, 0.29) is 5.91 Å². The second-order valence-electron chi connectivity index (χ2n) is 4.86. The third kappa shape index (κ3) is 4.80. The molecule has 1 aromatic rings. The minimum absolute atomic E-state index is 0.00152. The molecule has 0 heterocycles. The fraction of sp³-hybridized carbons (Fsp3) is 0.429. The molecule has 1 saturated carbocycles. The summed E-state index contributed by atoms with van der Waals surface area (Å²) in [6, 6.07) is 7.18. The van der Waals surface area contributed by atoms with Gasteiger partial charge in [0.2, 0.25) is 5.91 Å². The van der Waals surface area contributed by atoms with Crippen molar-refractivity contribution in [2.45, 2.75) is 32.1 Å². The average molecular weight is 297 g/mol. The Kier molecular flexibility index (Phi) is 5.16. The fourth-order valence-corrected chi connectivity index (χ4v) is 2.71. The van der Waals surface area contributed by atoms with Gasteiger partial charge in [-0.2, -0.15) is 0 Å². The van der Waals surface area contributed by atoms with Crippen LogP contribution in [0, 0.1) is 5.92 Å². The van der Waals surface area contributed by atoms with E-state index in [0.717, 1.165) is 18.5 Å². The first-order valence-corrected chi connectivity index (χ1v) is 7.28. The molecule has 19 heavy (non-hydrogen) atoms. The summed E-state index contributed by atoms with van der Waals surface area (Å²) in [4.78, 5) is 11.8. The van der Waals surface area contributed by atoms with Crippen LogP contribution >= 0.6 is 23.8 Å². The van der Waals surface area contributed by atoms with E-state index >= 15 is 0 Å². The molecule has 102 valence electrons. The van der Waals surface area contributed by atoms with Gasteiger partial charge in [0.1, 0.15) is 0 Å². The SMILES string of the molecule is O=C(CC1CCCC1)NC(=S)Nc1ccc(Cl)cc1. The zero-order valence-corrected chi connectivity index (χ0v) is 12.2. The lowest BCUT2D eigenvalue weighted by atomic mass is 10.0. The Morgan fingerprint density at radius 1 is 1.26 bits per heavy atom. The van der Waals surface area contributed by atoms with Crippen molar-refractivity contribution < 1.29 is 4.79 Å². The number of carbonyl (C=O) groups excluding carboxylic acids is 1. The summed E-state index contributed by atoms with van der Waals surface area (Å²) in [7, 11) is 0. The third-order valence-electron chi connectivity index (χ3n) is 3.30. The molecular formula is C14H17ClN2OS. The molecule has 0 aliphatic heterocycles. The van der Waals surface area contributed by atoms with Gasteiger partial charge < -0.3 is 10.6 Å². The van der Waals surface area contributed by atoms with Crippen LogP contribution in [-0.4, -0.2) is 11.0 Å². The Bertz CT molecular complexity index is 455. The molecule has 3 nitrogen and oxygen atoms in total. The normalized spacial score (nSPS) is 15.2. The van der Waals surface area contributed by atoms with Crippen LogP contribution in [-0.2, 0) is 4.79 Å².